The van der Waals surface area contributed by atoms with Gasteiger partial charge in [0.15, 0.2) is 6.67 Å². The minimum atomic E-state index is -0.100. The van der Waals surface area contributed by atoms with Crippen molar-refractivity contribution in [2.45, 2.75) is 33.4 Å². The van der Waals surface area contributed by atoms with Gasteiger partial charge in [0.05, 0.1) is 31.8 Å². The smallest absolute Gasteiger partial charge is 0.309 e. The monoisotopic (exact) mass is 362 g/mol. The van der Waals surface area contributed by atoms with Crippen LogP contribution in [0, 0.1) is 24.5 Å². The van der Waals surface area contributed by atoms with Gasteiger partial charge in [0.1, 0.15) is 0 Å². The highest BCUT2D eigenvalue weighted by molar-refractivity contribution is 7.71. The van der Waals surface area contributed by atoms with Gasteiger partial charge in [-0.05, 0) is 47.6 Å². The number of quaternary nitrogens is 1. The van der Waals surface area contributed by atoms with Gasteiger partial charge in [-0.3, -0.25) is 4.79 Å². The normalized spacial score (nSPS) is 20.4. The van der Waals surface area contributed by atoms with Crippen molar-refractivity contribution in [1.29, 1.82) is 0 Å². The molecule has 1 aliphatic rings. The Morgan fingerprint density at radius 2 is 1.92 bits per heavy atom. The van der Waals surface area contributed by atoms with Crippen LogP contribution in [-0.4, -0.2) is 46.0 Å². The summed E-state index contributed by atoms with van der Waals surface area (Å²) in [5, 5.41) is 8.52. The fourth-order valence-corrected chi connectivity index (χ4v) is 3.68. The molecule has 0 saturated carbocycles. The van der Waals surface area contributed by atoms with Crippen molar-refractivity contribution in [3.05, 3.63) is 34.1 Å². The topological polar surface area (TPSA) is 66.4 Å². The number of likely N-dealkylation sites (tertiary alicyclic amines) is 1. The third-order valence-electron chi connectivity index (χ3n) is 4.89. The molecule has 1 aromatic heterocycles. The molecule has 3 rings (SSSR count). The summed E-state index contributed by atoms with van der Waals surface area (Å²) in [5.41, 5.74) is 3.24. The number of rotatable bonds is 4. The van der Waals surface area contributed by atoms with Gasteiger partial charge in [0.25, 0.3) is 0 Å². The second-order valence-electron chi connectivity index (χ2n) is 6.62. The Balaban J connectivity index is 1.73. The van der Waals surface area contributed by atoms with Crippen LogP contribution in [-0.2, 0) is 16.2 Å². The number of esters is 1. The SMILES string of the molecule is COC(=O)C1CC[NH+](Cn2nnn(-c3c(C)cccc3C)c2=S)CC1. The lowest BCUT2D eigenvalue weighted by molar-refractivity contribution is -0.929. The van der Waals surface area contributed by atoms with E-state index in [1.54, 1.807) is 9.36 Å². The zero-order chi connectivity index (χ0) is 18.0. The fourth-order valence-electron chi connectivity index (χ4n) is 3.45. The summed E-state index contributed by atoms with van der Waals surface area (Å²) in [6.45, 7) is 6.56. The predicted molar refractivity (Wildman–Crippen MR) is 95.1 cm³/mol. The second-order valence-corrected chi connectivity index (χ2v) is 6.98. The number of carbonyl (C=O) groups excluding carboxylic acids is 1. The molecule has 0 unspecified atom stereocenters. The van der Waals surface area contributed by atoms with Crippen molar-refractivity contribution in [2.75, 3.05) is 20.2 Å². The zero-order valence-corrected chi connectivity index (χ0v) is 15.7. The molecule has 1 N–H and O–H groups in total. The van der Waals surface area contributed by atoms with E-state index in [1.807, 2.05) is 32.0 Å². The van der Waals surface area contributed by atoms with Gasteiger partial charge in [0, 0.05) is 12.8 Å². The molecule has 0 radical (unpaired) electrons. The van der Waals surface area contributed by atoms with Crippen molar-refractivity contribution >= 4 is 18.2 Å². The fraction of sp³-hybridized carbons (Fsp3) is 0.529. The summed E-state index contributed by atoms with van der Waals surface area (Å²) in [4.78, 5) is 13.0. The lowest BCUT2D eigenvalue weighted by Gasteiger charge is -2.27. The van der Waals surface area contributed by atoms with Crippen LogP contribution >= 0.6 is 12.2 Å². The molecule has 0 amide bonds. The first-order valence-corrected chi connectivity index (χ1v) is 8.93. The molecule has 0 spiro atoms. The van der Waals surface area contributed by atoms with E-state index in [1.165, 1.54) is 12.0 Å². The largest absolute Gasteiger partial charge is 0.469 e. The molecule has 1 saturated heterocycles. The number of nitrogens with zero attached hydrogens (tertiary/aromatic N) is 4. The van der Waals surface area contributed by atoms with E-state index in [0.717, 1.165) is 42.7 Å². The summed E-state index contributed by atoms with van der Waals surface area (Å²) in [6, 6.07) is 6.12. The molecule has 0 bridgehead atoms. The van der Waals surface area contributed by atoms with Gasteiger partial charge >= 0.3 is 5.97 Å². The minimum Gasteiger partial charge on any atom is -0.469 e. The molecule has 134 valence electrons. The number of hydrogen-bond acceptors (Lipinski definition) is 5. The van der Waals surface area contributed by atoms with Crippen molar-refractivity contribution in [3.8, 4) is 5.69 Å². The standard InChI is InChI=1S/C17H23N5O2S/c1-12-5-4-6-13(2)15(12)22-17(25)21(18-19-22)11-20-9-7-14(8-10-20)16(23)24-3/h4-6,14H,7-11H2,1-3H3/p+1. The number of para-hydroxylation sites is 1. The Bertz CT molecular complexity index is 800. The molecule has 1 fully saturated rings. The quantitative estimate of drug-likeness (QED) is 0.645. The maximum Gasteiger partial charge on any atom is 0.309 e. The number of ether oxygens (including phenoxy) is 1. The van der Waals surface area contributed by atoms with Crippen LogP contribution in [0.1, 0.15) is 24.0 Å². The lowest BCUT2D eigenvalue weighted by atomic mass is 9.97. The highest BCUT2D eigenvalue weighted by atomic mass is 32.1. The number of tetrazole rings is 1. The first-order chi connectivity index (χ1) is 12.0. The Morgan fingerprint density at radius 1 is 1.28 bits per heavy atom. The second kappa shape index (κ2) is 7.45. The highest BCUT2D eigenvalue weighted by Gasteiger charge is 2.28. The lowest BCUT2D eigenvalue weighted by Crippen LogP contribution is -3.12. The molecule has 25 heavy (non-hydrogen) atoms. The number of benzene rings is 1. The van der Waals surface area contributed by atoms with Gasteiger partial charge in [-0.1, -0.05) is 18.2 Å². The molecule has 0 atom stereocenters. The van der Waals surface area contributed by atoms with Crippen LogP contribution in [0.2, 0.25) is 0 Å². The maximum absolute atomic E-state index is 11.6. The van der Waals surface area contributed by atoms with E-state index in [9.17, 15) is 4.79 Å². The third kappa shape index (κ3) is 3.64. The summed E-state index contributed by atoms with van der Waals surface area (Å²) < 4.78 is 8.95. The van der Waals surface area contributed by atoms with Crippen LogP contribution in [0.25, 0.3) is 5.69 Å². The minimum absolute atomic E-state index is 0.0204. The number of aromatic nitrogens is 4. The summed E-state index contributed by atoms with van der Waals surface area (Å²) in [6.07, 6.45) is 1.67. The number of methoxy groups -OCH3 is 1. The molecular weight excluding hydrogens is 338 g/mol. The summed E-state index contributed by atoms with van der Waals surface area (Å²) in [5.74, 6) is -0.0799. The molecule has 1 aliphatic heterocycles. The maximum atomic E-state index is 11.6. The van der Waals surface area contributed by atoms with Crippen LogP contribution in [0.4, 0.5) is 0 Å². The first kappa shape index (κ1) is 17.8. The van der Waals surface area contributed by atoms with E-state index >= 15 is 0 Å². The number of aryl methyl sites for hydroxylation is 2. The van der Waals surface area contributed by atoms with Crippen molar-refractivity contribution in [2.24, 2.45) is 5.92 Å². The molecule has 8 heteroatoms. The summed E-state index contributed by atoms with van der Waals surface area (Å²) in [7, 11) is 1.45. The van der Waals surface area contributed by atoms with E-state index in [4.69, 9.17) is 17.0 Å². The molecule has 0 aliphatic carbocycles. The summed E-state index contributed by atoms with van der Waals surface area (Å²) >= 11 is 5.59. The number of piperidine rings is 1. The number of nitrogens with one attached hydrogen (secondary N) is 1. The Labute approximate surface area is 152 Å². The van der Waals surface area contributed by atoms with Gasteiger partial charge in [0.2, 0.25) is 4.77 Å². The zero-order valence-electron chi connectivity index (χ0n) is 14.9. The molecular formula is C17H24N5O2S+. The van der Waals surface area contributed by atoms with Crippen LogP contribution in [0.15, 0.2) is 18.2 Å². The van der Waals surface area contributed by atoms with E-state index in [-0.39, 0.29) is 11.9 Å². The van der Waals surface area contributed by atoms with E-state index in [0.29, 0.717) is 11.4 Å². The van der Waals surface area contributed by atoms with Crippen LogP contribution < -0.4 is 4.90 Å². The highest BCUT2D eigenvalue weighted by Crippen LogP contribution is 2.17. The van der Waals surface area contributed by atoms with Gasteiger partial charge in [-0.2, -0.15) is 9.36 Å². The third-order valence-corrected chi connectivity index (χ3v) is 5.27. The van der Waals surface area contributed by atoms with Crippen molar-refractivity contribution < 1.29 is 14.4 Å². The Morgan fingerprint density at radius 3 is 2.52 bits per heavy atom. The van der Waals surface area contributed by atoms with E-state index in [2.05, 4.69) is 10.4 Å². The molecule has 2 heterocycles. The molecule has 1 aromatic carbocycles. The van der Waals surface area contributed by atoms with Gasteiger partial charge in [-0.15, -0.1) is 0 Å². The van der Waals surface area contributed by atoms with Gasteiger partial charge in [-0.25, -0.2) is 0 Å². The first-order valence-electron chi connectivity index (χ1n) is 8.52. The molecule has 7 nitrogen and oxygen atoms in total. The van der Waals surface area contributed by atoms with Crippen molar-refractivity contribution in [1.82, 2.24) is 19.8 Å². The average molecular weight is 362 g/mol. The predicted octanol–water partition coefficient (Wildman–Crippen LogP) is 0.841. The Kier molecular flexibility index (Phi) is 5.29. The van der Waals surface area contributed by atoms with Gasteiger partial charge < -0.3 is 9.64 Å². The number of hydrogen-bond donors (Lipinski definition) is 1. The number of carbonyl (C=O) groups is 1. The molecule has 2 aromatic rings. The van der Waals surface area contributed by atoms with Crippen LogP contribution in [0.3, 0.4) is 0 Å². The van der Waals surface area contributed by atoms with Crippen molar-refractivity contribution in [3.63, 3.8) is 0 Å². The van der Waals surface area contributed by atoms with Crippen LogP contribution in [0.5, 0.6) is 0 Å². The van der Waals surface area contributed by atoms with E-state index < -0.39 is 0 Å². The average Bonchev–Trinajstić information content (AvgIpc) is 2.95. The Hall–Kier alpha value is -2.06.